The SMILES string of the molecule is Nc1nc2c(F)cccc2n1Cc1ccco1. The van der Waals surface area contributed by atoms with Crippen LogP contribution >= 0.6 is 0 Å². The Morgan fingerprint density at radius 2 is 2.18 bits per heavy atom. The van der Waals surface area contributed by atoms with Crippen LogP contribution in [0.2, 0.25) is 0 Å². The van der Waals surface area contributed by atoms with E-state index in [1.165, 1.54) is 6.07 Å². The second-order valence-corrected chi connectivity index (χ2v) is 3.74. The second-order valence-electron chi connectivity index (χ2n) is 3.74. The summed E-state index contributed by atoms with van der Waals surface area (Å²) in [6.07, 6.45) is 1.59. The lowest BCUT2D eigenvalue weighted by atomic mass is 10.3. The molecule has 0 aliphatic carbocycles. The summed E-state index contributed by atoms with van der Waals surface area (Å²) in [4.78, 5) is 4.02. The number of anilines is 1. The van der Waals surface area contributed by atoms with Gasteiger partial charge in [0.15, 0.2) is 5.82 Å². The van der Waals surface area contributed by atoms with E-state index in [1.807, 2.05) is 6.07 Å². The Kier molecular flexibility index (Phi) is 2.11. The van der Waals surface area contributed by atoms with Crippen molar-refractivity contribution in [3.05, 3.63) is 48.2 Å². The Balaban J connectivity index is 2.16. The van der Waals surface area contributed by atoms with Crippen molar-refractivity contribution in [2.24, 2.45) is 0 Å². The van der Waals surface area contributed by atoms with Crippen LogP contribution in [-0.2, 0) is 6.54 Å². The lowest BCUT2D eigenvalue weighted by molar-refractivity contribution is 0.497. The minimum absolute atomic E-state index is 0.279. The van der Waals surface area contributed by atoms with Gasteiger partial charge in [0.25, 0.3) is 0 Å². The Morgan fingerprint density at radius 3 is 2.94 bits per heavy atom. The lowest BCUT2D eigenvalue weighted by Crippen LogP contribution is -2.03. The fourth-order valence-corrected chi connectivity index (χ4v) is 1.86. The first-order valence-corrected chi connectivity index (χ1v) is 5.18. The van der Waals surface area contributed by atoms with Crippen LogP contribution in [0.1, 0.15) is 5.76 Å². The average molecular weight is 231 g/mol. The highest BCUT2D eigenvalue weighted by molar-refractivity contribution is 5.78. The molecule has 4 nitrogen and oxygen atoms in total. The average Bonchev–Trinajstić information content (AvgIpc) is 2.91. The van der Waals surface area contributed by atoms with Gasteiger partial charge in [0.2, 0.25) is 5.95 Å². The third-order valence-corrected chi connectivity index (χ3v) is 2.65. The molecule has 0 spiro atoms. The maximum atomic E-state index is 13.5. The highest BCUT2D eigenvalue weighted by Crippen LogP contribution is 2.21. The number of aromatic nitrogens is 2. The molecule has 5 heteroatoms. The van der Waals surface area contributed by atoms with Crippen LogP contribution in [0.4, 0.5) is 10.3 Å². The van der Waals surface area contributed by atoms with Crippen molar-refractivity contribution in [1.82, 2.24) is 9.55 Å². The van der Waals surface area contributed by atoms with E-state index < -0.39 is 0 Å². The van der Waals surface area contributed by atoms with Crippen LogP contribution < -0.4 is 5.73 Å². The normalized spacial score (nSPS) is 11.1. The maximum absolute atomic E-state index is 13.5. The van der Waals surface area contributed by atoms with Crippen molar-refractivity contribution in [3.63, 3.8) is 0 Å². The summed E-state index contributed by atoms with van der Waals surface area (Å²) in [6, 6.07) is 8.42. The topological polar surface area (TPSA) is 57.0 Å². The predicted molar refractivity (Wildman–Crippen MR) is 61.9 cm³/mol. The number of hydrogen-bond donors (Lipinski definition) is 1. The summed E-state index contributed by atoms with van der Waals surface area (Å²) in [7, 11) is 0. The number of fused-ring (bicyclic) bond motifs is 1. The van der Waals surface area contributed by atoms with Crippen LogP contribution in [0.15, 0.2) is 41.0 Å². The number of nitrogens with zero attached hydrogens (tertiary/aromatic N) is 2. The summed E-state index contributed by atoms with van der Waals surface area (Å²) in [6.45, 7) is 0.443. The van der Waals surface area contributed by atoms with E-state index in [-0.39, 0.29) is 17.3 Å². The van der Waals surface area contributed by atoms with Crippen LogP contribution in [-0.4, -0.2) is 9.55 Å². The number of nitrogens with two attached hydrogens (primary N) is 1. The molecule has 2 heterocycles. The molecule has 86 valence electrons. The molecule has 17 heavy (non-hydrogen) atoms. The Morgan fingerprint density at radius 1 is 1.29 bits per heavy atom. The molecule has 0 aliphatic heterocycles. The first-order valence-electron chi connectivity index (χ1n) is 5.18. The van der Waals surface area contributed by atoms with Crippen molar-refractivity contribution in [3.8, 4) is 0 Å². The zero-order valence-electron chi connectivity index (χ0n) is 8.93. The summed E-state index contributed by atoms with van der Waals surface area (Å²) < 4.78 is 20.5. The number of furan rings is 1. The minimum Gasteiger partial charge on any atom is -0.467 e. The van der Waals surface area contributed by atoms with Crippen molar-refractivity contribution in [1.29, 1.82) is 0 Å². The van der Waals surface area contributed by atoms with Gasteiger partial charge in [0.1, 0.15) is 11.3 Å². The highest BCUT2D eigenvalue weighted by Gasteiger charge is 2.12. The third kappa shape index (κ3) is 1.56. The molecule has 2 N–H and O–H groups in total. The van der Waals surface area contributed by atoms with Gasteiger partial charge in [0.05, 0.1) is 18.3 Å². The Hall–Kier alpha value is -2.30. The quantitative estimate of drug-likeness (QED) is 0.736. The first-order chi connectivity index (χ1) is 8.25. The number of rotatable bonds is 2. The van der Waals surface area contributed by atoms with E-state index in [2.05, 4.69) is 4.98 Å². The maximum Gasteiger partial charge on any atom is 0.201 e. The molecule has 3 aromatic rings. The summed E-state index contributed by atoms with van der Waals surface area (Å²) >= 11 is 0. The van der Waals surface area contributed by atoms with E-state index >= 15 is 0 Å². The Bertz CT molecular complexity index is 658. The zero-order valence-corrected chi connectivity index (χ0v) is 8.93. The number of para-hydroxylation sites is 1. The van der Waals surface area contributed by atoms with Gasteiger partial charge in [-0.3, -0.25) is 0 Å². The molecule has 3 rings (SSSR count). The summed E-state index contributed by atoms with van der Waals surface area (Å²) in [5, 5.41) is 0. The van der Waals surface area contributed by atoms with Crippen molar-refractivity contribution in [2.45, 2.75) is 6.54 Å². The molecule has 0 amide bonds. The monoisotopic (exact) mass is 231 g/mol. The molecule has 0 fully saturated rings. The van der Waals surface area contributed by atoms with Gasteiger partial charge in [-0.15, -0.1) is 0 Å². The second kappa shape index (κ2) is 3.62. The molecule has 0 saturated heterocycles. The summed E-state index contributed by atoms with van der Waals surface area (Å²) in [5.41, 5.74) is 6.74. The molecule has 0 saturated carbocycles. The molecule has 0 aliphatic rings. The smallest absolute Gasteiger partial charge is 0.201 e. The lowest BCUT2D eigenvalue weighted by Gasteiger charge is -2.03. The largest absolute Gasteiger partial charge is 0.467 e. The van der Waals surface area contributed by atoms with Crippen LogP contribution in [0.3, 0.4) is 0 Å². The fourth-order valence-electron chi connectivity index (χ4n) is 1.86. The van der Waals surface area contributed by atoms with E-state index in [4.69, 9.17) is 10.2 Å². The highest BCUT2D eigenvalue weighted by atomic mass is 19.1. The molecular weight excluding hydrogens is 221 g/mol. The molecule has 1 aromatic carbocycles. The zero-order chi connectivity index (χ0) is 11.8. The molecule has 0 radical (unpaired) electrons. The Labute approximate surface area is 96.5 Å². The van der Waals surface area contributed by atoms with Crippen molar-refractivity contribution >= 4 is 17.0 Å². The predicted octanol–water partition coefficient (Wildman–Crippen LogP) is 2.40. The van der Waals surface area contributed by atoms with E-state index in [9.17, 15) is 4.39 Å². The third-order valence-electron chi connectivity index (χ3n) is 2.65. The van der Waals surface area contributed by atoms with Gasteiger partial charge >= 0.3 is 0 Å². The van der Waals surface area contributed by atoms with E-state index in [1.54, 1.807) is 29.0 Å². The van der Waals surface area contributed by atoms with Gasteiger partial charge in [-0.25, -0.2) is 9.37 Å². The standard InChI is InChI=1S/C12H10FN3O/c13-9-4-1-5-10-11(9)15-12(14)16(10)7-8-3-2-6-17-8/h1-6H,7H2,(H2,14,15). The summed E-state index contributed by atoms with van der Waals surface area (Å²) in [5.74, 6) is 0.661. The van der Waals surface area contributed by atoms with Gasteiger partial charge in [0, 0.05) is 0 Å². The van der Waals surface area contributed by atoms with Gasteiger partial charge < -0.3 is 14.7 Å². The number of halogens is 1. The van der Waals surface area contributed by atoms with Gasteiger partial charge in [-0.2, -0.15) is 0 Å². The van der Waals surface area contributed by atoms with Crippen LogP contribution in [0, 0.1) is 5.82 Å². The number of benzene rings is 1. The molecule has 0 bridgehead atoms. The molecule has 2 aromatic heterocycles. The van der Waals surface area contributed by atoms with E-state index in [0.29, 0.717) is 12.1 Å². The first kappa shape index (κ1) is 9.89. The number of nitrogen functional groups attached to an aromatic ring is 1. The van der Waals surface area contributed by atoms with Crippen LogP contribution in [0.25, 0.3) is 11.0 Å². The van der Waals surface area contributed by atoms with Gasteiger partial charge in [-0.05, 0) is 24.3 Å². The van der Waals surface area contributed by atoms with Crippen molar-refractivity contribution < 1.29 is 8.81 Å². The van der Waals surface area contributed by atoms with Crippen LogP contribution in [0.5, 0.6) is 0 Å². The number of hydrogen-bond acceptors (Lipinski definition) is 3. The van der Waals surface area contributed by atoms with Gasteiger partial charge in [-0.1, -0.05) is 6.07 Å². The molecule has 0 unspecified atom stereocenters. The molecular formula is C12H10FN3O. The fraction of sp³-hybridized carbons (Fsp3) is 0.0833. The molecule has 0 atom stereocenters. The van der Waals surface area contributed by atoms with Crippen molar-refractivity contribution in [2.75, 3.05) is 5.73 Å². The minimum atomic E-state index is -0.368. The number of imidazole rings is 1. The van der Waals surface area contributed by atoms with E-state index in [0.717, 1.165) is 5.76 Å².